The first kappa shape index (κ1) is 20.0. The first-order valence-corrected chi connectivity index (χ1v) is 10.6. The zero-order valence-electron chi connectivity index (χ0n) is 17.5. The van der Waals surface area contributed by atoms with Gasteiger partial charge in [0.05, 0.1) is 16.8 Å². The van der Waals surface area contributed by atoms with Crippen molar-refractivity contribution in [3.63, 3.8) is 0 Å². The molecule has 3 aromatic heterocycles. The van der Waals surface area contributed by atoms with E-state index >= 15 is 0 Å². The molecule has 160 valence electrons. The van der Waals surface area contributed by atoms with Gasteiger partial charge in [-0.05, 0) is 31.5 Å². The molecule has 1 aliphatic rings. The second-order valence-corrected chi connectivity index (χ2v) is 8.45. The van der Waals surface area contributed by atoms with Crippen molar-refractivity contribution in [2.75, 3.05) is 18.4 Å². The van der Waals surface area contributed by atoms with Crippen molar-refractivity contribution in [3.8, 4) is 5.82 Å². The number of aliphatic hydroxyl groups excluding tert-OH is 1. The van der Waals surface area contributed by atoms with Crippen LogP contribution in [-0.4, -0.2) is 53.5 Å². The highest BCUT2D eigenvalue weighted by Crippen LogP contribution is 2.28. The molecule has 1 aromatic carbocycles. The maximum Gasteiger partial charge on any atom is 0.229 e. The summed E-state index contributed by atoms with van der Waals surface area (Å²) in [5.74, 6) is 1.17. The Morgan fingerprint density at radius 2 is 2.13 bits per heavy atom. The molecule has 1 atom stereocenters. The number of halogens is 1. The van der Waals surface area contributed by atoms with Gasteiger partial charge in [-0.3, -0.25) is 4.90 Å². The van der Waals surface area contributed by atoms with Crippen LogP contribution in [0.25, 0.3) is 16.7 Å². The molecule has 1 aliphatic heterocycles. The van der Waals surface area contributed by atoms with Gasteiger partial charge in [0, 0.05) is 73.5 Å². The first-order valence-electron chi connectivity index (χ1n) is 10.3. The number of rotatable bonds is 5. The number of nitrogens with zero attached hydrogens (tertiary/aromatic N) is 6. The van der Waals surface area contributed by atoms with E-state index in [9.17, 15) is 5.11 Å². The molecule has 1 saturated heterocycles. The van der Waals surface area contributed by atoms with Gasteiger partial charge < -0.3 is 15.0 Å². The molecular formula is C22H24ClN7O. The van der Waals surface area contributed by atoms with Crippen molar-refractivity contribution < 1.29 is 5.11 Å². The van der Waals surface area contributed by atoms with Gasteiger partial charge >= 0.3 is 0 Å². The molecule has 0 bridgehead atoms. The van der Waals surface area contributed by atoms with Gasteiger partial charge in [-0.1, -0.05) is 11.6 Å². The number of hydrogen-bond donors (Lipinski definition) is 2. The lowest BCUT2D eigenvalue weighted by atomic mass is 10.2. The molecule has 2 N–H and O–H groups in total. The molecular weight excluding hydrogens is 414 g/mol. The average Bonchev–Trinajstić information content (AvgIpc) is 3.41. The van der Waals surface area contributed by atoms with E-state index in [0.29, 0.717) is 23.3 Å². The van der Waals surface area contributed by atoms with Gasteiger partial charge in [0.2, 0.25) is 5.95 Å². The van der Waals surface area contributed by atoms with Gasteiger partial charge in [-0.15, -0.1) is 0 Å². The van der Waals surface area contributed by atoms with Crippen molar-refractivity contribution in [1.29, 1.82) is 0 Å². The number of hydrogen-bond acceptors (Lipinski definition) is 6. The highest BCUT2D eigenvalue weighted by Gasteiger charge is 2.21. The molecule has 1 fully saturated rings. The summed E-state index contributed by atoms with van der Waals surface area (Å²) in [5.41, 5.74) is 4.02. The molecule has 0 radical (unpaired) electrons. The number of nitrogens with one attached hydrogen (secondary N) is 1. The third-order valence-corrected chi connectivity index (χ3v) is 6.02. The van der Waals surface area contributed by atoms with Crippen LogP contribution in [0.3, 0.4) is 0 Å². The van der Waals surface area contributed by atoms with E-state index in [1.54, 1.807) is 10.9 Å². The van der Waals surface area contributed by atoms with Crippen molar-refractivity contribution >= 4 is 34.1 Å². The van der Waals surface area contributed by atoms with Gasteiger partial charge in [0.25, 0.3) is 0 Å². The maximum atomic E-state index is 9.76. The summed E-state index contributed by atoms with van der Waals surface area (Å²) in [6, 6.07) is 7.83. The Balaban J connectivity index is 1.37. The molecule has 9 heteroatoms. The second-order valence-electron chi connectivity index (χ2n) is 8.05. The third-order valence-electron chi connectivity index (χ3n) is 5.71. The molecule has 8 nitrogen and oxygen atoms in total. The quantitative estimate of drug-likeness (QED) is 0.497. The van der Waals surface area contributed by atoms with Gasteiger partial charge in [-0.25, -0.2) is 9.67 Å². The molecule has 4 heterocycles. The summed E-state index contributed by atoms with van der Waals surface area (Å²) in [6.45, 7) is 4.39. The zero-order chi connectivity index (χ0) is 21.5. The standard InChI is InChI=1S/C22H24ClN7O/c1-14-15(10-29-8-6-17(31)12-29)11-30(27-14)21-5-7-24-22(26-21)25-16-3-4-20-18(9-16)19(23)13-28(20)2/h3-5,7,9,11,13,17,31H,6,8,10,12H2,1-2H3,(H,24,25,26)/t17-/m1/s1. The van der Waals surface area contributed by atoms with Crippen LogP contribution >= 0.6 is 11.6 Å². The summed E-state index contributed by atoms with van der Waals surface area (Å²) >= 11 is 6.34. The average molecular weight is 438 g/mol. The van der Waals surface area contributed by atoms with Gasteiger partial charge in [-0.2, -0.15) is 10.1 Å². The Morgan fingerprint density at radius 1 is 1.26 bits per heavy atom. The molecule has 0 aliphatic carbocycles. The maximum absolute atomic E-state index is 9.76. The van der Waals surface area contributed by atoms with Crippen molar-refractivity contribution in [3.05, 3.63) is 59.1 Å². The normalized spacial score (nSPS) is 17.0. The molecule has 31 heavy (non-hydrogen) atoms. The van der Waals surface area contributed by atoms with Gasteiger partial charge in [0.15, 0.2) is 5.82 Å². The predicted octanol–water partition coefficient (Wildman–Crippen LogP) is 3.43. The summed E-state index contributed by atoms with van der Waals surface area (Å²) in [7, 11) is 1.97. The van der Waals surface area contributed by atoms with Crippen LogP contribution in [0.15, 0.2) is 42.9 Å². The van der Waals surface area contributed by atoms with Gasteiger partial charge in [0.1, 0.15) is 0 Å². The third kappa shape index (κ3) is 4.01. The van der Waals surface area contributed by atoms with Crippen molar-refractivity contribution in [2.24, 2.45) is 7.05 Å². The Hall–Kier alpha value is -2.94. The SMILES string of the molecule is Cc1nn(-c2ccnc(Nc3ccc4c(c3)c(Cl)cn4C)n2)cc1CN1CC[C@@H](O)C1. The predicted molar refractivity (Wildman–Crippen MR) is 121 cm³/mol. The van der Waals surface area contributed by atoms with Crippen LogP contribution in [-0.2, 0) is 13.6 Å². The minimum Gasteiger partial charge on any atom is -0.392 e. The van der Waals surface area contributed by atoms with E-state index in [-0.39, 0.29) is 6.10 Å². The number of aromatic nitrogens is 5. The van der Waals surface area contributed by atoms with E-state index in [4.69, 9.17) is 11.6 Å². The first-order chi connectivity index (χ1) is 15.0. The van der Waals surface area contributed by atoms with Crippen molar-refractivity contribution in [1.82, 2.24) is 29.2 Å². The smallest absolute Gasteiger partial charge is 0.229 e. The Labute approximate surface area is 185 Å². The van der Waals surface area contributed by atoms with E-state index in [1.165, 1.54) is 0 Å². The van der Waals surface area contributed by atoms with Crippen LogP contribution in [0, 0.1) is 6.92 Å². The minimum absolute atomic E-state index is 0.226. The van der Waals surface area contributed by atoms with E-state index in [1.807, 2.05) is 55.2 Å². The number of anilines is 2. The second kappa shape index (κ2) is 7.96. The number of benzene rings is 1. The Bertz CT molecular complexity index is 1250. The fourth-order valence-corrected chi connectivity index (χ4v) is 4.35. The van der Waals surface area contributed by atoms with Crippen molar-refractivity contribution in [2.45, 2.75) is 26.0 Å². The molecule has 0 saturated carbocycles. The van der Waals surface area contributed by atoms with Crippen LogP contribution in [0.5, 0.6) is 0 Å². The highest BCUT2D eigenvalue weighted by molar-refractivity contribution is 6.35. The summed E-state index contributed by atoms with van der Waals surface area (Å²) in [5, 5.41) is 19.3. The highest BCUT2D eigenvalue weighted by atomic mass is 35.5. The minimum atomic E-state index is -0.226. The summed E-state index contributed by atoms with van der Waals surface area (Å²) in [6.07, 6.45) is 6.21. The largest absolute Gasteiger partial charge is 0.392 e. The van der Waals surface area contributed by atoms with E-state index in [2.05, 4.69) is 25.3 Å². The van der Waals surface area contributed by atoms with Crippen LogP contribution in [0.2, 0.25) is 5.02 Å². The number of fused-ring (bicyclic) bond motifs is 1. The Kier molecular flexibility index (Phi) is 5.13. The van der Waals surface area contributed by atoms with E-state index < -0.39 is 0 Å². The Morgan fingerprint density at radius 3 is 2.94 bits per heavy atom. The van der Waals surface area contributed by atoms with Crippen LogP contribution < -0.4 is 5.32 Å². The number of aryl methyl sites for hydroxylation is 2. The molecule has 0 unspecified atom stereocenters. The number of aliphatic hydroxyl groups is 1. The van der Waals surface area contributed by atoms with Crippen LogP contribution in [0.1, 0.15) is 17.7 Å². The topological polar surface area (TPSA) is 84.0 Å². The summed E-state index contributed by atoms with van der Waals surface area (Å²) in [4.78, 5) is 11.2. The summed E-state index contributed by atoms with van der Waals surface area (Å²) < 4.78 is 3.78. The monoisotopic (exact) mass is 437 g/mol. The fourth-order valence-electron chi connectivity index (χ4n) is 4.05. The lowest BCUT2D eigenvalue weighted by molar-refractivity contribution is 0.174. The molecule has 5 rings (SSSR count). The molecule has 0 amide bonds. The number of likely N-dealkylation sites (tertiary alicyclic amines) is 1. The van der Waals surface area contributed by atoms with E-state index in [0.717, 1.165) is 47.4 Å². The fraction of sp³-hybridized carbons (Fsp3) is 0.318. The van der Waals surface area contributed by atoms with Crippen LogP contribution in [0.4, 0.5) is 11.6 Å². The number of β-amino-alcohol motifs (C(OH)–C–C–N with tert-alkyl or cyclic N) is 1. The molecule has 0 spiro atoms. The zero-order valence-corrected chi connectivity index (χ0v) is 18.2. The lowest BCUT2D eigenvalue weighted by Gasteiger charge is -2.13. The lowest BCUT2D eigenvalue weighted by Crippen LogP contribution is -2.21. The molecule has 4 aromatic rings.